The highest BCUT2D eigenvalue weighted by molar-refractivity contribution is 6.00. The molecule has 17 nitrogen and oxygen atoms in total. The fraction of sp³-hybridized carbons (Fsp3) is 0.459. The van der Waals surface area contributed by atoms with Gasteiger partial charge in [0.1, 0.15) is 36.3 Å². The van der Waals surface area contributed by atoms with Gasteiger partial charge in [0.2, 0.25) is 0 Å². The van der Waals surface area contributed by atoms with Crippen LogP contribution in [0.15, 0.2) is 85.1 Å². The fourth-order valence-electron chi connectivity index (χ4n) is 15.7. The number of piperazine rings is 2. The summed E-state index contributed by atoms with van der Waals surface area (Å²) in [7, 11) is 0. The lowest BCUT2D eigenvalue weighted by Gasteiger charge is -2.35. The Morgan fingerprint density at radius 3 is 1.91 bits per heavy atom. The van der Waals surface area contributed by atoms with Crippen molar-refractivity contribution in [3.63, 3.8) is 0 Å². The van der Waals surface area contributed by atoms with Crippen molar-refractivity contribution in [2.24, 2.45) is 0 Å². The van der Waals surface area contributed by atoms with E-state index in [-0.39, 0.29) is 28.6 Å². The number of hydrogen-bond acceptors (Lipinski definition) is 17. The van der Waals surface area contributed by atoms with Gasteiger partial charge in [-0.1, -0.05) is 42.5 Å². The van der Waals surface area contributed by atoms with Crippen LogP contribution < -0.4 is 29.9 Å². The average molecular weight is 1040 g/mol. The minimum atomic E-state index is -0.231. The molecular weight excluding hydrogens is 979 g/mol. The molecular formula is C61H65N13O4. The third-order valence-corrected chi connectivity index (χ3v) is 19.4. The molecule has 4 aromatic carbocycles. The first-order valence-corrected chi connectivity index (χ1v) is 28.8. The molecule has 8 saturated heterocycles. The number of ether oxygens (including phenoxy) is 2. The van der Waals surface area contributed by atoms with E-state index in [0.717, 1.165) is 171 Å². The van der Waals surface area contributed by atoms with E-state index in [2.05, 4.69) is 60.6 Å². The predicted molar refractivity (Wildman–Crippen MR) is 300 cm³/mol. The summed E-state index contributed by atoms with van der Waals surface area (Å²) in [6.45, 7) is 7.64. The second-order valence-electron chi connectivity index (χ2n) is 24.0. The van der Waals surface area contributed by atoms with Crippen LogP contribution in [0.1, 0.15) is 88.7 Å². The molecule has 17 heteroatoms. The topological polar surface area (TPSA) is 186 Å². The Bertz CT molecular complexity index is 3680. The number of fused-ring (bicyclic) bond motifs is 10. The maximum absolute atomic E-state index is 11.6. The van der Waals surface area contributed by atoms with Crippen LogP contribution in [0.4, 0.5) is 11.6 Å². The smallest absolute Gasteiger partial charge is 0.320 e. The number of phenols is 2. The predicted octanol–water partition coefficient (Wildman–Crippen LogP) is 8.45. The molecule has 8 aliphatic rings. The molecule has 6 unspecified atom stereocenters. The molecule has 6 atom stereocenters. The van der Waals surface area contributed by atoms with Crippen molar-refractivity contribution >= 4 is 55.2 Å². The van der Waals surface area contributed by atoms with Gasteiger partial charge in [0.15, 0.2) is 17.1 Å². The number of phenolic OH excluding ortho intramolecular Hbond substituents is 2. The highest BCUT2D eigenvalue weighted by atomic mass is 16.5. The van der Waals surface area contributed by atoms with Gasteiger partial charge in [0, 0.05) is 73.7 Å². The van der Waals surface area contributed by atoms with Gasteiger partial charge in [-0.05, 0) is 160 Å². The number of nitrogens with one attached hydrogen (secondary N) is 2. The summed E-state index contributed by atoms with van der Waals surface area (Å²) in [5, 5.41) is 35.6. The van der Waals surface area contributed by atoms with Crippen LogP contribution in [0.25, 0.3) is 66.3 Å². The van der Waals surface area contributed by atoms with Crippen molar-refractivity contribution in [1.82, 2.24) is 55.3 Å². The number of rotatable bonds is 11. The quantitative estimate of drug-likeness (QED) is 0.0966. The Hall–Kier alpha value is -7.05. The second kappa shape index (κ2) is 18.3. The number of benzene rings is 4. The minimum absolute atomic E-state index is 0.0542. The van der Waals surface area contributed by atoms with E-state index in [0.29, 0.717) is 66.5 Å². The van der Waals surface area contributed by atoms with E-state index < -0.39 is 0 Å². The largest absolute Gasteiger partial charge is 0.508 e. The molecule has 0 amide bonds. The lowest BCUT2D eigenvalue weighted by Crippen LogP contribution is -2.51. The summed E-state index contributed by atoms with van der Waals surface area (Å²) >= 11 is 0. The lowest BCUT2D eigenvalue weighted by atomic mass is 9.93. The van der Waals surface area contributed by atoms with Crippen LogP contribution in [0.2, 0.25) is 0 Å². The van der Waals surface area contributed by atoms with E-state index >= 15 is 0 Å². The Kier molecular flexibility index (Phi) is 11.0. The van der Waals surface area contributed by atoms with Crippen LogP contribution in [-0.2, 0) is 0 Å². The van der Waals surface area contributed by atoms with Crippen LogP contribution in [0.5, 0.6) is 23.5 Å². The number of anilines is 2. The standard InChI is InChI=1S/C61H65N13O4/c75-41-25-36-7-1-2-8-43(36)48(27-41)51-16-15-46-54(65-51)67-58(69-56(46)71-30-37-11-12-38(31-71)63-37)78-35-61-20-6-24-74(61)52(17-21-61)45-10-3-9-44-47(45)26-42(76)28-49(44)53-62-29-50-55(66-53)68-59(77-34-60-18-4-22-73(60)23-5-19-60)70-57(50)72-32-39-13-14-40(33-72)64-39/h1-3,7-10,15-16,25-29,37-40,52,63-64,75-76H,4-6,11-14,17-24,30-35H2. The summed E-state index contributed by atoms with van der Waals surface area (Å²) in [6.07, 6.45) is 15.1. The molecule has 8 aliphatic heterocycles. The van der Waals surface area contributed by atoms with Gasteiger partial charge in [0.05, 0.1) is 27.5 Å². The Morgan fingerprint density at radius 1 is 0.538 bits per heavy atom. The molecule has 0 saturated carbocycles. The number of pyridine rings is 1. The van der Waals surface area contributed by atoms with Crippen molar-refractivity contribution < 1.29 is 19.7 Å². The lowest BCUT2D eigenvalue weighted by molar-refractivity contribution is 0.0849. The van der Waals surface area contributed by atoms with Crippen molar-refractivity contribution in [3.05, 3.63) is 90.6 Å². The van der Waals surface area contributed by atoms with Crippen molar-refractivity contribution in [2.75, 3.05) is 68.8 Å². The fourth-order valence-corrected chi connectivity index (χ4v) is 15.7. The maximum Gasteiger partial charge on any atom is 0.320 e. The molecule has 0 radical (unpaired) electrons. The normalized spacial score (nSPS) is 26.5. The van der Waals surface area contributed by atoms with Crippen molar-refractivity contribution in [3.8, 4) is 46.2 Å². The molecule has 398 valence electrons. The summed E-state index contributed by atoms with van der Waals surface area (Å²) in [5.74, 6) is 2.55. The zero-order chi connectivity index (χ0) is 51.7. The first kappa shape index (κ1) is 47.0. The van der Waals surface area contributed by atoms with Gasteiger partial charge in [-0.3, -0.25) is 9.80 Å². The Morgan fingerprint density at radius 2 is 1.17 bits per heavy atom. The monoisotopic (exact) mass is 1040 g/mol. The summed E-state index contributed by atoms with van der Waals surface area (Å²) in [6, 6.07) is 28.4. The molecule has 0 spiro atoms. The second-order valence-corrected chi connectivity index (χ2v) is 24.0. The van der Waals surface area contributed by atoms with E-state index in [1.54, 1.807) is 18.2 Å². The zero-order valence-electron chi connectivity index (χ0n) is 43.9. The molecule has 8 aromatic rings. The molecule has 0 aliphatic carbocycles. The zero-order valence-corrected chi connectivity index (χ0v) is 43.9. The van der Waals surface area contributed by atoms with Gasteiger partial charge in [0.25, 0.3) is 0 Å². The molecule has 4 N–H and O–H groups in total. The maximum atomic E-state index is 11.6. The van der Waals surface area contributed by atoms with E-state index in [1.807, 2.05) is 36.5 Å². The van der Waals surface area contributed by atoms with E-state index in [9.17, 15) is 10.2 Å². The van der Waals surface area contributed by atoms with E-state index in [4.69, 9.17) is 44.4 Å². The highest BCUT2D eigenvalue weighted by Crippen LogP contribution is 2.51. The number of hydrogen-bond donors (Lipinski definition) is 4. The molecule has 78 heavy (non-hydrogen) atoms. The van der Waals surface area contributed by atoms with Crippen LogP contribution in [0, 0.1) is 0 Å². The Balaban J connectivity index is 0.718. The van der Waals surface area contributed by atoms with Gasteiger partial charge < -0.3 is 40.1 Å². The van der Waals surface area contributed by atoms with Gasteiger partial charge >= 0.3 is 12.0 Å². The summed E-state index contributed by atoms with van der Waals surface area (Å²) in [4.78, 5) is 46.0. The van der Waals surface area contributed by atoms with Crippen LogP contribution >= 0.6 is 0 Å². The SMILES string of the molecule is Oc1cc(-c2ccc3c(N4CC5CCC(C4)N5)nc(OCC45CCCN4C(c4cccc6c(-c7ncc8c(N9CC%10CCC(C9)N%10)nc(OCC9%10CCCN9CCC%10)nc8n7)cc(O)cc46)CC5)nc3n2)c2ccccc2c1. The van der Waals surface area contributed by atoms with Crippen molar-refractivity contribution in [2.45, 2.75) is 118 Å². The third kappa shape index (κ3) is 7.88. The number of aromatic nitrogens is 7. The van der Waals surface area contributed by atoms with E-state index in [1.165, 1.54) is 18.4 Å². The third-order valence-electron chi connectivity index (χ3n) is 19.4. The first-order chi connectivity index (χ1) is 38.3. The molecule has 4 aromatic heterocycles. The van der Waals surface area contributed by atoms with Crippen LogP contribution in [0.3, 0.4) is 0 Å². The van der Waals surface area contributed by atoms with Gasteiger partial charge in [-0.15, -0.1) is 0 Å². The summed E-state index contributed by atoms with van der Waals surface area (Å²) in [5.41, 5.74) is 4.45. The first-order valence-electron chi connectivity index (χ1n) is 28.8. The molecule has 16 rings (SSSR count). The highest BCUT2D eigenvalue weighted by Gasteiger charge is 2.51. The van der Waals surface area contributed by atoms with Crippen LogP contribution in [-0.4, -0.2) is 149 Å². The van der Waals surface area contributed by atoms with Crippen molar-refractivity contribution in [1.29, 1.82) is 0 Å². The molecule has 12 heterocycles. The van der Waals surface area contributed by atoms with Gasteiger partial charge in [-0.2, -0.15) is 19.9 Å². The minimum Gasteiger partial charge on any atom is -0.508 e. The molecule has 8 fully saturated rings. The average Bonchev–Trinajstić information content (AvgIpc) is 4.38. The number of aromatic hydroxyl groups is 2. The molecule has 4 bridgehead atoms. The van der Waals surface area contributed by atoms with Gasteiger partial charge in [-0.25, -0.2) is 15.0 Å². The number of nitrogens with zero attached hydrogens (tertiary/aromatic N) is 11. The summed E-state index contributed by atoms with van der Waals surface area (Å²) < 4.78 is 13.5. The Labute approximate surface area is 452 Å².